The summed E-state index contributed by atoms with van der Waals surface area (Å²) < 4.78 is 1.20. The van der Waals surface area contributed by atoms with E-state index in [4.69, 9.17) is 11.6 Å². The number of hydrogen-bond donors (Lipinski definition) is 2. The van der Waals surface area contributed by atoms with Crippen molar-refractivity contribution >= 4 is 38.7 Å². The normalized spacial score (nSPS) is 12.5. The van der Waals surface area contributed by atoms with Crippen molar-refractivity contribution in [3.8, 4) is 0 Å². The van der Waals surface area contributed by atoms with Crippen LogP contribution in [0.25, 0.3) is 10.1 Å². The Morgan fingerprint density at radius 3 is 2.62 bits per heavy atom. The molecule has 0 bridgehead atoms. The molecule has 1 aromatic heterocycles. The molecule has 1 atom stereocenters. The van der Waals surface area contributed by atoms with Gasteiger partial charge in [0, 0.05) is 26.2 Å². The van der Waals surface area contributed by atoms with Crippen LogP contribution in [0, 0.1) is 0 Å². The molecule has 0 aliphatic heterocycles. The van der Waals surface area contributed by atoms with Crippen LogP contribution in [0.15, 0.2) is 48.5 Å². The molecule has 2 nitrogen and oxygen atoms in total. The highest BCUT2D eigenvalue weighted by Crippen LogP contribution is 2.35. The van der Waals surface area contributed by atoms with Gasteiger partial charge >= 0.3 is 0 Å². The van der Waals surface area contributed by atoms with E-state index in [0.29, 0.717) is 6.54 Å². The highest BCUT2D eigenvalue weighted by molar-refractivity contribution is 7.19. The van der Waals surface area contributed by atoms with Gasteiger partial charge in [-0.2, -0.15) is 0 Å². The molecule has 21 heavy (non-hydrogen) atoms. The summed E-state index contributed by atoms with van der Waals surface area (Å²) in [6.07, 6.45) is -0.494. The van der Waals surface area contributed by atoms with Crippen molar-refractivity contribution in [2.75, 3.05) is 5.32 Å². The molecule has 0 saturated carbocycles. The third-order valence-electron chi connectivity index (χ3n) is 3.45. The summed E-state index contributed by atoms with van der Waals surface area (Å²) in [5.74, 6) is 0. The summed E-state index contributed by atoms with van der Waals surface area (Å²) in [6.45, 7) is 2.43. The molecule has 3 aromatic rings. The number of hydrogen-bond acceptors (Lipinski definition) is 3. The lowest BCUT2D eigenvalue weighted by atomic mass is 10.1. The van der Waals surface area contributed by atoms with Gasteiger partial charge in [0.25, 0.3) is 0 Å². The summed E-state index contributed by atoms with van der Waals surface area (Å²) in [5, 5.41) is 15.1. The molecule has 2 aromatic carbocycles. The zero-order valence-corrected chi connectivity index (χ0v) is 13.2. The van der Waals surface area contributed by atoms with Crippen LogP contribution in [0.1, 0.15) is 23.5 Å². The molecule has 0 amide bonds. The lowest BCUT2D eigenvalue weighted by Crippen LogP contribution is -2.03. The van der Waals surface area contributed by atoms with Crippen LogP contribution in [-0.2, 0) is 6.54 Å². The number of aliphatic hydroxyl groups is 1. The average molecular weight is 318 g/mol. The molecule has 0 aliphatic carbocycles. The number of benzene rings is 2. The molecule has 0 radical (unpaired) electrons. The van der Waals surface area contributed by atoms with Crippen LogP contribution in [0.3, 0.4) is 0 Å². The molecule has 3 rings (SSSR count). The minimum Gasteiger partial charge on any atom is -0.389 e. The van der Waals surface area contributed by atoms with Crippen molar-refractivity contribution in [3.63, 3.8) is 0 Å². The number of thiophene rings is 1. The molecule has 108 valence electrons. The maximum Gasteiger partial charge on any atom is 0.0781 e. The van der Waals surface area contributed by atoms with E-state index in [2.05, 4.69) is 11.4 Å². The Morgan fingerprint density at radius 2 is 1.86 bits per heavy atom. The fourth-order valence-electron chi connectivity index (χ4n) is 2.38. The minimum atomic E-state index is -0.494. The minimum absolute atomic E-state index is 0.494. The Labute approximate surface area is 133 Å². The SMILES string of the molecule is CC(O)c1ccccc1NCc1sc2ccccc2c1Cl. The molecule has 0 saturated heterocycles. The van der Waals surface area contributed by atoms with Gasteiger partial charge in [-0.25, -0.2) is 0 Å². The Hall–Kier alpha value is -1.55. The van der Waals surface area contributed by atoms with Crippen molar-refractivity contribution in [1.29, 1.82) is 0 Å². The standard InChI is InChI=1S/C17H16ClNOS/c1-11(20)12-6-2-4-8-14(12)19-10-16-17(18)13-7-3-5-9-15(13)21-16/h2-9,11,19-20H,10H2,1H3. The first kappa shape index (κ1) is 14.4. The number of aliphatic hydroxyl groups excluding tert-OH is 1. The van der Waals surface area contributed by atoms with Gasteiger partial charge in [0.1, 0.15) is 0 Å². The van der Waals surface area contributed by atoms with Gasteiger partial charge in [0.2, 0.25) is 0 Å². The summed E-state index contributed by atoms with van der Waals surface area (Å²) >= 11 is 8.15. The van der Waals surface area contributed by atoms with Crippen molar-refractivity contribution < 1.29 is 5.11 Å². The van der Waals surface area contributed by atoms with Gasteiger partial charge in [0.15, 0.2) is 0 Å². The molecular weight excluding hydrogens is 302 g/mol. The van der Waals surface area contributed by atoms with Crippen molar-refractivity contribution in [1.82, 2.24) is 0 Å². The largest absolute Gasteiger partial charge is 0.389 e. The van der Waals surface area contributed by atoms with E-state index in [-0.39, 0.29) is 0 Å². The highest BCUT2D eigenvalue weighted by Gasteiger charge is 2.11. The lowest BCUT2D eigenvalue weighted by molar-refractivity contribution is 0.200. The Balaban J connectivity index is 1.85. The van der Waals surface area contributed by atoms with Crippen LogP contribution in [0.4, 0.5) is 5.69 Å². The van der Waals surface area contributed by atoms with E-state index in [1.165, 1.54) is 4.70 Å². The molecular formula is C17H16ClNOS. The molecule has 4 heteroatoms. The first-order valence-corrected chi connectivity index (χ1v) is 8.03. The van der Waals surface area contributed by atoms with E-state index in [9.17, 15) is 5.11 Å². The summed E-state index contributed by atoms with van der Waals surface area (Å²) in [5.41, 5.74) is 1.84. The van der Waals surface area contributed by atoms with Crippen LogP contribution in [0.5, 0.6) is 0 Å². The monoisotopic (exact) mass is 317 g/mol. The number of halogens is 1. The molecule has 1 heterocycles. The number of nitrogens with one attached hydrogen (secondary N) is 1. The van der Waals surface area contributed by atoms with Crippen LogP contribution in [0.2, 0.25) is 5.02 Å². The lowest BCUT2D eigenvalue weighted by Gasteiger charge is -2.13. The van der Waals surface area contributed by atoms with E-state index < -0.39 is 6.10 Å². The molecule has 2 N–H and O–H groups in total. The van der Waals surface area contributed by atoms with Gasteiger partial charge in [-0.15, -0.1) is 11.3 Å². The predicted molar refractivity (Wildman–Crippen MR) is 91.2 cm³/mol. The molecule has 1 unspecified atom stereocenters. The van der Waals surface area contributed by atoms with Crippen LogP contribution in [-0.4, -0.2) is 5.11 Å². The number of rotatable bonds is 4. The van der Waals surface area contributed by atoms with Gasteiger partial charge in [-0.3, -0.25) is 0 Å². The Morgan fingerprint density at radius 1 is 1.14 bits per heavy atom. The molecule has 0 fully saturated rings. The van der Waals surface area contributed by atoms with Crippen molar-refractivity contribution in [3.05, 3.63) is 64.0 Å². The van der Waals surface area contributed by atoms with Gasteiger partial charge in [-0.05, 0) is 19.1 Å². The third kappa shape index (κ3) is 2.91. The topological polar surface area (TPSA) is 32.3 Å². The van der Waals surface area contributed by atoms with Crippen LogP contribution >= 0.6 is 22.9 Å². The molecule has 0 aliphatic rings. The number of para-hydroxylation sites is 1. The van der Waals surface area contributed by atoms with E-state index in [1.54, 1.807) is 18.3 Å². The maximum absolute atomic E-state index is 9.81. The fourth-order valence-corrected chi connectivity index (χ4v) is 3.82. The van der Waals surface area contributed by atoms with E-state index >= 15 is 0 Å². The van der Waals surface area contributed by atoms with Crippen molar-refractivity contribution in [2.24, 2.45) is 0 Å². The zero-order valence-electron chi connectivity index (χ0n) is 11.6. The Kier molecular flexibility index (Phi) is 4.15. The second-order valence-electron chi connectivity index (χ2n) is 4.95. The van der Waals surface area contributed by atoms with Gasteiger partial charge in [0.05, 0.1) is 17.7 Å². The molecule has 0 spiro atoms. The quantitative estimate of drug-likeness (QED) is 0.691. The maximum atomic E-state index is 9.81. The smallest absolute Gasteiger partial charge is 0.0781 e. The first-order chi connectivity index (χ1) is 10.2. The number of fused-ring (bicyclic) bond motifs is 1. The predicted octanol–water partition coefficient (Wildman–Crippen LogP) is 5.22. The average Bonchev–Trinajstić information content (AvgIpc) is 2.82. The summed E-state index contributed by atoms with van der Waals surface area (Å²) in [6, 6.07) is 15.9. The summed E-state index contributed by atoms with van der Waals surface area (Å²) in [4.78, 5) is 1.11. The highest BCUT2D eigenvalue weighted by atomic mass is 35.5. The fraction of sp³-hybridized carbons (Fsp3) is 0.176. The van der Waals surface area contributed by atoms with E-state index in [1.807, 2.05) is 42.5 Å². The first-order valence-electron chi connectivity index (χ1n) is 6.83. The summed E-state index contributed by atoms with van der Waals surface area (Å²) in [7, 11) is 0. The second-order valence-corrected chi connectivity index (χ2v) is 6.47. The van der Waals surface area contributed by atoms with Crippen LogP contribution < -0.4 is 5.32 Å². The third-order valence-corrected chi connectivity index (χ3v) is 5.17. The van der Waals surface area contributed by atoms with Gasteiger partial charge < -0.3 is 10.4 Å². The zero-order chi connectivity index (χ0) is 14.8. The van der Waals surface area contributed by atoms with Gasteiger partial charge in [-0.1, -0.05) is 48.0 Å². The van der Waals surface area contributed by atoms with E-state index in [0.717, 1.165) is 26.5 Å². The Bertz CT molecular complexity index is 766. The number of anilines is 1. The van der Waals surface area contributed by atoms with Crippen molar-refractivity contribution in [2.45, 2.75) is 19.6 Å². The second kappa shape index (κ2) is 6.06.